The predicted octanol–water partition coefficient (Wildman–Crippen LogP) is -2.76. The highest BCUT2D eigenvalue weighted by Gasteiger charge is 2.57. The SMILES string of the molecule is CC1(C)OC2[C@@H](O1)[C@@H](COP(=O)(O)OP(=O)(O)O[C@@H]1OC([C@H](O)CO)[C@@H](O)C(O)[C@H]1O)O[C@H]2n1cnc2c(N)ncnc21. The fraction of sp³-hybridized carbons (Fsp3) is 0.750. The Bertz CT molecular complexity index is 1410. The summed E-state index contributed by atoms with van der Waals surface area (Å²) in [4.78, 5) is 32.5. The number of hydrogen-bond donors (Lipinski definition) is 8. The quantitative estimate of drug-likeness (QED) is 0.120. The van der Waals surface area contributed by atoms with Crippen LogP contribution in [0.4, 0.5) is 5.82 Å². The lowest BCUT2D eigenvalue weighted by Gasteiger charge is -2.41. The monoisotopic (exact) mass is 659 g/mol. The van der Waals surface area contributed by atoms with Crippen molar-refractivity contribution >= 4 is 32.6 Å². The van der Waals surface area contributed by atoms with E-state index in [1.807, 2.05) is 0 Å². The van der Waals surface area contributed by atoms with Crippen LogP contribution in [0.3, 0.4) is 0 Å². The first-order valence-electron chi connectivity index (χ1n) is 12.6. The van der Waals surface area contributed by atoms with Crippen LogP contribution in [0.25, 0.3) is 11.2 Å². The van der Waals surface area contributed by atoms with Crippen LogP contribution in [0, 0.1) is 0 Å². The topological polar surface area (TPSA) is 310 Å². The molecule has 3 fully saturated rings. The molecule has 2 aromatic heterocycles. The molecule has 0 amide bonds. The normalized spacial score (nSPS) is 37.6. The highest BCUT2D eigenvalue weighted by molar-refractivity contribution is 7.61. The number of anilines is 1. The molecule has 0 bridgehead atoms. The number of nitrogens with two attached hydrogens (primary N) is 1. The molecule has 242 valence electrons. The lowest BCUT2D eigenvalue weighted by atomic mass is 9.96. The molecule has 3 saturated heterocycles. The Morgan fingerprint density at radius 3 is 2.44 bits per heavy atom. The van der Waals surface area contributed by atoms with Gasteiger partial charge in [0.15, 0.2) is 29.8 Å². The fourth-order valence-electron chi connectivity index (χ4n) is 4.93. The van der Waals surface area contributed by atoms with Gasteiger partial charge in [0.25, 0.3) is 0 Å². The van der Waals surface area contributed by atoms with Crippen LogP contribution in [0.15, 0.2) is 12.7 Å². The van der Waals surface area contributed by atoms with Crippen molar-refractivity contribution in [3.63, 3.8) is 0 Å². The molecule has 0 aliphatic carbocycles. The lowest BCUT2D eigenvalue weighted by Crippen LogP contribution is -2.61. The van der Waals surface area contributed by atoms with Gasteiger partial charge in [-0.3, -0.25) is 13.6 Å². The van der Waals surface area contributed by atoms with E-state index in [1.165, 1.54) is 17.2 Å². The smallest absolute Gasteiger partial charge is 0.394 e. The van der Waals surface area contributed by atoms with Crippen molar-refractivity contribution in [1.29, 1.82) is 0 Å². The van der Waals surface area contributed by atoms with Crippen LogP contribution >= 0.6 is 15.6 Å². The first-order valence-corrected chi connectivity index (χ1v) is 15.6. The zero-order valence-corrected chi connectivity index (χ0v) is 24.2. The van der Waals surface area contributed by atoms with Gasteiger partial charge in [-0.05, 0) is 13.8 Å². The number of aliphatic hydroxyl groups is 5. The minimum Gasteiger partial charge on any atom is -0.394 e. The molecule has 0 saturated carbocycles. The van der Waals surface area contributed by atoms with Crippen molar-refractivity contribution in [1.82, 2.24) is 19.5 Å². The van der Waals surface area contributed by atoms with Gasteiger partial charge in [0.1, 0.15) is 60.7 Å². The molecule has 5 unspecified atom stereocenters. The Balaban J connectivity index is 1.26. The summed E-state index contributed by atoms with van der Waals surface area (Å²) in [7, 11) is -11.0. The van der Waals surface area contributed by atoms with Crippen molar-refractivity contribution in [3.8, 4) is 0 Å². The van der Waals surface area contributed by atoms with E-state index in [9.17, 15) is 39.3 Å². The number of rotatable bonds is 10. The first-order chi connectivity index (χ1) is 20.0. The number of hydrogen-bond acceptors (Lipinski definition) is 18. The number of nitrogen functional groups attached to an aromatic ring is 1. The zero-order chi connectivity index (χ0) is 31.5. The van der Waals surface area contributed by atoms with Gasteiger partial charge in [0, 0.05) is 0 Å². The van der Waals surface area contributed by atoms with E-state index in [0.29, 0.717) is 11.2 Å². The number of phosphoric ester groups is 2. The summed E-state index contributed by atoms with van der Waals surface area (Å²) < 4.78 is 63.3. The van der Waals surface area contributed by atoms with Crippen molar-refractivity contribution in [2.45, 2.75) is 81.0 Å². The van der Waals surface area contributed by atoms with Crippen LogP contribution in [-0.4, -0.2) is 129 Å². The molecule has 43 heavy (non-hydrogen) atoms. The number of ether oxygens (including phenoxy) is 4. The summed E-state index contributed by atoms with van der Waals surface area (Å²) in [5.74, 6) is -0.984. The van der Waals surface area contributed by atoms with Gasteiger partial charge >= 0.3 is 15.6 Å². The van der Waals surface area contributed by atoms with E-state index < -0.39 is 96.0 Å². The summed E-state index contributed by atoms with van der Waals surface area (Å²) in [6.45, 7) is 1.58. The largest absolute Gasteiger partial charge is 0.483 e. The second-order valence-electron chi connectivity index (χ2n) is 10.3. The van der Waals surface area contributed by atoms with Gasteiger partial charge in [0.2, 0.25) is 0 Å². The summed E-state index contributed by atoms with van der Waals surface area (Å²) in [6.07, 6.45) is -13.1. The molecule has 21 nitrogen and oxygen atoms in total. The summed E-state index contributed by atoms with van der Waals surface area (Å²) in [5, 5.41) is 48.9. The molecule has 3 aliphatic rings. The fourth-order valence-corrected chi connectivity index (χ4v) is 7.09. The maximum absolute atomic E-state index is 12.6. The van der Waals surface area contributed by atoms with E-state index >= 15 is 0 Å². The number of phosphoric acid groups is 2. The van der Waals surface area contributed by atoms with Gasteiger partial charge in [-0.1, -0.05) is 0 Å². The maximum atomic E-state index is 12.6. The summed E-state index contributed by atoms with van der Waals surface area (Å²) in [5.41, 5.74) is 6.46. The summed E-state index contributed by atoms with van der Waals surface area (Å²) >= 11 is 0. The molecule has 23 heteroatoms. The van der Waals surface area contributed by atoms with Gasteiger partial charge in [-0.2, -0.15) is 4.31 Å². The Morgan fingerprint density at radius 1 is 1.05 bits per heavy atom. The van der Waals surface area contributed by atoms with Gasteiger partial charge in [-0.25, -0.2) is 24.1 Å². The van der Waals surface area contributed by atoms with Crippen LogP contribution in [-0.2, 0) is 41.4 Å². The Kier molecular flexibility index (Phi) is 9.02. The van der Waals surface area contributed by atoms with Crippen molar-refractivity contribution in [2.75, 3.05) is 18.9 Å². The van der Waals surface area contributed by atoms with E-state index in [0.717, 1.165) is 0 Å². The van der Waals surface area contributed by atoms with Crippen LogP contribution in [0.5, 0.6) is 0 Å². The second-order valence-corrected chi connectivity index (χ2v) is 13.3. The van der Waals surface area contributed by atoms with E-state index in [2.05, 4.69) is 23.8 Å². The summed E-state index contributed by atoms with van der Waals surface area (Å²) in [6, 6.07) is 0. The van der Waals surface area contributed by atoms with E-state index in [1.54, 1.807) is 13.8 Å². The maximum Gasteiger partial charge on any atom is 0.483 e. The highest BCUT2D eigenvalue weighted by Crippen LogP contribution is 2.61. The zero-order valence-electron chi connectivity index (χ0n) is 22.4. The molecule has 9 N–H and O–H groups in total. The van der Waals surface area contributed by atoms with Crippen LogP contribution < -0.4 is 5.73 Å². The van der Waals surface area contributed by atoms with E-state index in [-0.39, 0.29) is 5.82 Å². The number of imidazole rings is 1. The number of nitrogens with zero attached hydrogens (tertiary/aromatic N) is 4. The van der Waals surface area contributed by atoms with Crippen LogP contribution in [0.2, 0.25) is 0 Å². The molecule has 0 aromatic carbocycles. The molecular weight excluding hydrogens is 628 g/mol. The minimum atomic E-state index is -5.61. The molecule has 3 aliphatic heterocycles. The first kappa shape index (κ1) is 32.6. The Hall–Kier alpha value is -1.75. The molecule has 12 atom stereocenters. The Labute approximate surface area is 241 Å². The third kappa shape index (κ3) is 6.63. The van der Waals surface area contributed by atoms with Crippen molar-refractivity contribution < 1.29 is 76.8 Å². The van der Waals surface area contributed by atoms with Crippen molar-refractivity contribution in [3.05, 3.63) is 12.7 Å². The predicted molar refractivity (Wildman–Crippen MR) is 135 cm³/mol. The molecule has 5 rings (SSSR count). The number of fused-ring (bicyclic) bond motifs is 2. The van der Waals surface area contributed by atoms with Gasteiger partial charge in [0.05, 0.1) is 19.5 Å². The number of aliphatic hydroxyl groups excluding tert-OH is 5. The van der Waals surface area contributed by atoms with E-state index in [4.69, 9.17) is 34.3 Å². The van der Waals surface area contributed by atoms with Crippen LogP contribution in [0.1, 0.15) is 20.1 Å². The molecular formula is C20H31N5O16P2. The van der Waals surface area contributed by atoms with Gasteiger partial charge in [-0.15, -0.1) is 0 Å². The third-order valence-electron chi connectivity index (χ3n) is 6.80. The Morgan fingerprint density at radius 2 is 1.74 bits per heavy atom. The average molecular weight is 659 g/mol. The standard InChI is InChI=1S/C20H31N5O16P2/c1-20(2)38-14-8(36-18(15(14)39-20)25-6-24-9-16(21)22-5-23-17(9)25)4-35-42(31,32)41-43(33,34)40-19-12(30)10(28)11(29)13(37-19)7(27)3-26/h5-8,10-15,18-19,26-30H,3-4H2,1-2H3,(H,31,32)(H,33,34)(H2,21,22,23)/t7-,8-,10?,11+,12-,13?,14+,15?,18-,19+/m1/s1. The molecule has 2 aromatic rings. The second kappa shape index (κ2) is 11.9. The molecule has 5 heterocycles. The lowest BCUT2D eigenvalue weighted by molar-refractivity contribution is -0.292. The minimum absolute atomic E-state index is 0.119. The molecule has 0 radical (unpaired) electrons. The average Bonchev–Trinajstić information content (AvgIpc) is 3.58. The number of aromatic nitrogens is 4. The van der Waals surface area contributed by atoms with Gasteiger partial charge < -0.3 is 60.0 Å². The van der Waals surface area contributed by atoms with Crippen molar-refractivity contribution in [2.24, 2.45) is 0 Å². The molecule has 0 spiro atoms. The highest BCUT2D eigenvalue weighted by atomic mass is 31.3. The third-order valence-corrected chi connectivity index (χ3v) is 9.41.